The quantitative estimate of drug-likeness (QED) is 0.596. The average molecular weight is 334 g/mol. The molecule has 0 aliphatic rings. The zero-order valence-electron chi connectivity index (χ0n) is 12.3. The van der Waals surface area contributed by atoms with Gasteiger partial charge in [-0.15, -0.1) is 0 Å². The minimum absolute atomic E-state index is 0.114. The van der Waals surface area contributed by atoms with Crippen molar-refractivity contribution in [2.45, 2.75) is 19.1 Å². The molecule has 0 aliphatic heterocycles. The highest BCUT2D eigenvalue weighted by Gasteiger charge is 2.30. The van der Waals surface area contributed by atoms with Gasteiger partial charge in [0.05, 0.1) is 19.3 Å². The smallest absolute Gasteiger partial charge is 0.387 e. The summed E-state index contributed by atoms with van der Waals surface area (Å²) in [6.45, 7) is -2.70. The van der Waals surface area contributed by atoms with E-state index in [0.29, 0.717) is 0 Å². The molecule has 1 rings (SSSR count). The zero-order chi connectivity index (χ0) is 17.6. The van der Waals surface area contributed by atoms with Crippen molar-refractivity contribution in [1.29, 1.82) is 0 Å². The molecule has 0 spiro atoms. The van der Waals surface area contributed by atoms with Gasteiger partial charge >= 0.3 is 18.6 Å². The zero-order valence-corrected chi connectivity index (χ0v) is 12.3. The van der Waals surface area contributed by atoms with Gasteiger partial charge in [0.2, 0.25) is 0 Å². The van der Waals surface area contributed by atoms with Gasteiger partial charge in [0, 0.05) is 6.07 Å². The maximum absolute atomic E-state index is 12.3. The molecule has 0 aliphatic carbocycles. The highest BCUT2D eigenvalue weighted by Crippen LogP contribution is 2.30. The molecule has 0 fully saturated rings. The van der Waals surface area contributed by atoms with Gasteiger partial charge in [-0.3, -0.25) is 0 Å². The van der Waals surface area contributed by atoms with Crippen molar-refractivity contribution >= 4 is 17.7 Å². The van der Waals surface area contributed by atoms with Crippen molar-refractivity contribution in [3.63, 3.8) is 0 Å². The number of amides is 2. The topological polar surface area (TPSA) is 117 Å². The van der Waals surface area contributed by atoms with E-state index < -0.39 is 30.8 Å². The number of anilines is 1. The van der Waals surface area contributed by atoms with E-state index >= 15 is 0 Å². The number of aliphatic hydroxyl groups is 1. The number of benzene rings is 1. The van der Waals surface area contributed by atoms with E-state index in [4.69, 9.17) is 9.84 Å². The fourth-order valence-electron chi connectivity index (χ4n) is 1.43. The first-order chi connectivity index (χ1) is 10.7. The second-order valence-corrected chi connectivity index (χ2v) is 4.63. The van der Waals surface area contributed by atoms with E-state index in [1.165, 1.54) is 25.3 Å². The Kier molecular flexibility index (Phi) is 6.08. The monoisotopic (exact) mass is 334 g/mol. The van der Waals surface area contributed by atoms with Crippen LogP contribution in [0.3, 0.4) is 0 Å². The molecule has 0 bridgehead atoms. The largest absolute Gasteiger partial charge is 0.497 e. The Balaban J connectivity index is 2.81. The molecule has 8 nitrogen and oxygen atoms in total. The lowest BCUT2D eigenvalue weighted by atomic mass is 10.1. The molecule has 0 saturated carbocycles. The van der Waals surface area contributed by atoms with E-state index in [1.54, 1.807) is 0 Å². The summed E-state index contributed by atoms with van der Waals surface area (Å²) in [5, 5.41) is 22.5. The fourth-order valence-corrected chi connectivity index (χ4v) is 1.43. The minimum atomic E-state index is -3.10. The summed E-state index contributed by atoms with van der Waals surface area (Å²) in [7, 11) is 1.34. The van der Waals surface area contributed by atoms with E-state index in [9.17, 15) is 23.5 Å². The van der Waals surface area contributed by atoms with E-state index in [2.05, 4.69) is 15.4 Å². The Hall–Kier alpha value is -2.62. The number of rotatable bonds is 7. The molecule has 128 valence electrons. The van der Waals surface area contributed by atoms with Crippen molar-refractivity contribution in [2.75, 3.05) is 19.0 Å². The van der Waals surface area contributed by atoms with Crippen molar-refractivity contribution in [1.82, 2.24) is 5.32 Å². The fraction of sp³-hybridized carbons (Fsp3) is 0.385. The number of carbonyl (C=O) groups is 2. The summed E-state index contributed by atoms with van der Waals surface area (Å²) >= 11 is 0. The Bertz CT molecular complexity index is 580. The normalized spacial score (nSPS) is 13.1. The van der Waals surface area contributed by atoms with Gasteiger partial charge in [-0.25, -0.2) is 9.59 Å². The number of carboxylic acids is 1. The molecule has 0 saturated heterocycles. The van der Waals surface area contributed by atoms with Crippen molar-refractivity contribution < 1.29 is 38.1 Å². The summed E-state index contributed by atoms with van der Waals surface area (Å²) < 4.78 is 33.8. The standard InChI is InChI=1S/C13H16F2N2O6/c1-13(21,10(18)19)6-16-12(20)17-8-5-7(22-2)3-4-9(8)23-11(14)15/h3-5,11,21H,6H2,1-2H3,(H,18,19)(H2,16,17,20). The van der Waals surface area contributed by atoms with Crippen LogP contribution in [0.25, 0.3) is 0 Å². The highest BCUT2D eigenvalue weighted by molar-refractivity contribution is 5.91. The molecular formula is C13H16F2N2O6. The van der Waals surface area contributed by atoms with Crippen LogP contribution >= 0.6 is 0 Å². The van der Waals surface area contributed by atoms with Gasteiger partial charge < -0.3 is 30.3 Å². The van der Waals surface area contributed by atoms with E-state index in [0.717, 1.165) is 6.92 Å². The molecule has 10 heteroatoms. The summed E-state index contributed by atoms with van der Waals surface area (Å²) in [5.41, 5.74) is -2.29. The number of halogens is 2. The molecule has 2 amide bonds. The maximum atomic E-state index is 12.3. The first kappa shape index (κ1) is 18.4. The van der Waals surface area contributed by atoms with Crippen molar-refractivity contribution in [2.24, 2.45) is 0 Å². The van der Waals surface area contributed by atoms with Gasteiger partial charge in [0.1, 0.15) is 11.5 Å². The van der Waals surface area contributed by atoms with Crippen LogP contribution in [-0.2, 0) is 4.79 Å². The van der Waals surface area contributed by atoms with Crippen LogP contribution in [0, 0.1) is 0 Å². The number of aliphatic carboxylic acids is 1. The van der Waals surface area contributed by atoms with E-state index in [1.807, 2.05) is 0 Å². The summed E-state index contributed by atoms with van der Waals surface area (Å²) in [6, 6.07) is 2.86. The van der Waals surface area contributed by atoms with Crippen LogP contribution in [0.5, 0.6) is 11.5 Å². The third kappa shape index (κ3) is 5.58. The first-order valence-corrected chi connectivity index (χ1v) is 6.29. The summed E-state index contributed by atoms with van der Waals surface area (Å²) in [6.07, 6.45) is 0. The second kappa shape index (κ2) is 7.58. The summed E-state index contributed by atoms with van der Waals surface area (Å²) in [4.78, 5) is 22.4. The molecule has 1 atom stereocenters. The predicted octanol–water partition coefficient (Wildman–Crippen LogP) is 1.25. The summed E-state index contributed by atoms with van der Waals surface area (Å²) in [5.74, 6) is -1.55. The van der Waals surface area contributed by atoms with Crippen LogP contribution in [0.15, 0.2) is 18.2 Å². The van der Waals surface area contributed by atoms with Crippen molar-refractivity contribution in [3.8, 4) is 11.5 Å². The van der Waals surface area contributed by atoms with Gasteiger partial charge in [-0.1, -0.05) is 0 Å². The molecular weight excluding hydrogens is 318 g/mol. The van der Waals surface area contributed by atoms with Gasteiger partial charge in [-0.05, 0) is 19.1 Å². The van der Waals surface area contributed by atoms with Crippen LogP contribution in [0.1, 0.15) is 6.92 Å². The van der Waals surface area contributed by atoms with Gasteiger partial charge in [0.25, 0.3) is 0 Å². The molecule has 0 radical (unpaired) electrons. The molecule has 1 aromatic carbocycles. The maximum Gasteiger partial charge on any atom is 0.387 e. The SMILES string of the molecule is COc1ccc(OC(F)F)c(NC(=O)NCC(C)(O)C(=O)O)c1. The Labute approximate surface area is 130 Å². The van der Waals surface area contributed by atoms with Crippen LogP contribution in [0.4, 0.5) is 19.3 Å². The number of nitrogens with one attached hydrogen (secondary N) is 2. The third-order valence-corrected chi connectivity index (χ3v) is 2.70. The van der Waals surface area contributed by atoms with Gasteiger partial charge in [0.15, 0.2) is 5.60 Å². The Morgan fingerprint density at radius 3 is 2.57 bits per heavy atom. The molecule has 4 N–H and O–H groups in total. The predicted molar refractivity (Wildman–Crippen MR) is 74.9 cm³/mol. The lowest BCUT2D eigenvalue weighted by Gasteiger charge is -2.19. The van der Waals surface area contributed by atoms with E-state index in [-0.39, 0.29) is 17.2 Å². The van der Waals surface area contributed by atoms with Crippen LogP contribution in [-0.4, -0.2) is 48.1 Å². The van der Waals surface area contributed by atoms with Crippen LogP contribution in [0.2, 0.25) is 0 Å². The number of carbonyl (C=O) groups excluding carboxylic acids is 1. The molecule has 1 unspecified atom stereocenters. The number of methoxy groups -OCH3 is 1. The average Bonchev–Trinajstić information content (AvgIpc) is 2.46. The first-order valence-electron chi connectivity index (χ1n) is 6.29. The number of alkyl halides is 2. The number of carboxylic acid groups (broad SMARTS) is 1. The number of hydrogen-bond acceptors (Lipinski definition) is 5. The van der Waals surface area contributed by atoms with Crippen molar-refractivity contribution in [3.05, 3.63) is 18.2 Å². The molecule has 0 heterocycles. The Morgan fingerprint density at radius 1 is 1.39 bits per heavy atom. The van der Waals surface area contributed by atoms with Crippen LogP contribution < -0.4 is 20.1 Å². The molecule has 0 aromatic heterocycles. The molecule has 1 aromatic rings. The Morgan fingerprint density at radius 2 is 2.04 bits per heavy atom. The lowest BCUT2D eigenvalue weighted by molar-refractivity contribution is -0.155. The number of urea groups is 1. The highest BCUT2D eigenvalue weighted by atomic mass is 19.3. The number of ether oxygens (including phenoxy) is 2. The third-order valence-electron chi connectivity index (χ3n) is 2.70. The van der Waals surface area contributed by atoms with Gasteiger partial charge in [-0.2, -0.15) is 8.78 Å². The molecule has 23 heavy (non-hydrogen) atoms. The lowest BCUT2D eigenvalue weighted by Crippen LogP contribution is -2.47. The second-order valence-electron chi connectivity index (χ2n) is 4.63. The minimum Gasteiger partial charge on any atom is -0.497 e. The number of hydrogen-bond donors (Lipinski definition) is 4.